The SMILES string of the molecule is COC(=O)C[C@@H](C(=O)N(CCCOCCOCCOCCCN(C=O)OC(C)(C)C)Cc1cc(C(=O)OC(C)(C)C)ccc1F)N(C=O)OCc1ccccc1. The Balaban J connectivity index is 2.05. The van der Waals surface area contributed by atoms with Gasteiger partial charge in [0.25, 0.3) is 0 Å². The molecule has 0 aliphatic rings. The van der Waals surface area contributed by atoms with Crippen molar-refractivity contribution < 1.29 is 61.7 Å². The first-order chi connectivity index (χ1) is 26.6. The Morgan fingerprint density at radius 3 is 1.95 bits per heavy atom. The molecular formula is C40H58FN3O12. The molecule has 0 N–H and O–H groups in total. The standard InChI is InChI=1S/C40H58FN3O12/c1-39(2,3)55-38(49)32-15-16-34(41)33(25-32)27-42(37(48)35(26-36(47)50-7)44(30-46)54-28-31-13-9-8-10-14-31)17-11-19-51-21-23-53-24-22-52-20-12-18-43(29-45)56-40(4,5)6/h8-10,13-16,25,29-30,35H,11-12,17-24,26-28H2,1-7H3/t35-/m0/s1. The lowest BCUT2D eigenvalue weighted by molar-refractivity contribution is -0.216. The van der Waals surface area contributed by atoms with Crippen molar-refractivity contribution in [3.05, 3.63) is 71.0 Å². The molecule has 0 unspecified atom stereocenters. The molecular weight excluding hydrogens is 733 g/mol. The zero-order valence-corrected chi connectivity index (χ0v) is 33.7. The molecule has 0 saturated carbocycles. The first kappa shape index (κ1) is 47.7. The highest BCUT2D eigenvalue weighted by molar-refractivity contribution is 5.90. The predicted octanol–water partition coefficient (Wildman–Crippen LogP) is 4.65. The van der Waals surface area contributed by atoms with E-state index in [0.717, 1.165) is 18.2 Å². The van der Waals surface area contributed by atoms with Gasteiger partial charge in [0.05, 0.1) is 57.7 Å². The number of hydrogen-bond acceptors (Lipinski definition) is 12. The normalized spacial score (nSPS) is 12.1. The predicted molar refractivity (Wildman–Crippen MR) is 202 cm³/mol. The van der Waals surface area contributed by atoms with Crippen LogP contribution in [-0.4, -0.2) is 123 Å². The first-order valence-corrected chi connectivity index (χ1v) is 18.5. The monoisotopic (exact) mass is 791 g/mol. The van der Waals surface area contributed by atoms with Crippen molar-refractivity contribution in [2.75, 3.05) is 59.8 Å². The minimum Gasteiger partial charge on any atom is -0.469 e. The average Bonchev–Trinajstić information content (AvgIpc) is 3.14. The zero-order chi connectivity index (χ0) is 41.6. The number of amides is 3. The van der Waals surface area contributed by atoms with Crippen LogP contribution in [0.2, 0.25) is 0 Å². The molecule has 0 heterocycles. The lowest BCUT2D eigenvalue weighted by Gasteiger charge is -2.31. The summed E-state index contributed by atoms with van der Waals surface area (Å²) in [5.41, 5.74) is -0.469. The van der Waals surface area contributed by atoms with Gasteiger partial charge in [0.1, 0.15) is 24.1 Å². The lowest BCUT2D eigenvalue weighted by atomic mass is 10.1. The summed E-state index contributed by atoms with van der Waals surface area (Å²) in [4.78, 5) is 75.4. The molecule has 1 atom stereocenters. The molecule has 2 rings (SSSR count). The van der Waals surface area contributed by atoms with E-state index in [2.05, 4.69) is 0 Å². The fourth-order valence-corrected chi connectivity index (χ4v) is 4.98. The number of ether oxygens (including phenoxy) is 5. The summed E-state index contributed by atoms with van der Waals surface area (Å²) in [7, 11) is 1.15. The summed E-state index contributed by atoms with van der Waals surface area (Å²) in [5, 5.41) is 2.00. The van der Waals surface area contributed by atoms with E-state index in [4.69, 9.17) is 33.4 Å². The highest BCUT2D eigenvalue weighted by Gasteiger charge is 2.34. The van der Waals surface area contributed by atoms with Crippen LogP contribution in [0.4, 0.5) is 4.39 Å². The summed E-state index contributed by atoms with van der Waals surface area (Å²) in [6.45, 7) is 12.5. The molecule has 0 spiro atoms. The van der Waals surface area contributed by atoms with E-state index in [1.54, 1.807) is 45.0 Å². The molecule has 56 heavy (non-hydrogen) atoms. The van der Waals surface area contributed by atoms with Gasteiger partial charge in [0.15, 0.2) is 0 Å². The van der Waals surface area contributed by atoms with Gasteiger partial charge in [-0.1, -0.05) is 30.3 Å². The Morgan fingerprint density at radius 2 is 1.39 bits per heavy atom. The van der Waals surface area contributed by atoms with Gasteiger partial charge >= 0.3 is 11.9 Å². The van der Waals surface area contributed by atoms with Crippen molar-refractivity contribution in [3.8, 4) is 0 Å². The summed E-state index contributed by atoms with van der Waals surface area (Å²) in [6, 6.07) is 11.2. The Bertz CT molecular complexity index is 1500. The Labute approximate surface area is 329 Å². The molecule has 0 bridgehead atoms. The number of halogens is 1. The van der Waals surface area contributed by atoms with Crippen LogP contribution in [0.25, 0.3) is 0 Å². The molecule has 0 aliphatic heterocycles. The number of carbonyl (C=O) groups is 5. The molecule has 2 aromatic rings. The number of hydrogen-bond donors (Lipinski definition) is 0. The summed E-state index contributed by atoms with van der Waals surface area (Å²) >= 11 is 0. The second kappa shape index (κ2) is 24.9. The second-order valence-electron chi connectivity index (χ2n) is 14.6. The second-order valence-corrected chi connectivity index (χ2v) is 14.6. The molecule has 16 heteroatoms. The third-order valence-electron chi connectivity index (χ3n) is 7.50. The number of benzene rings is 2. The van der Waals surface area contributed by atoms with Crippen molar-refractivity contribution in [1.82, 2.24) is 15.0 Å². The maximum absolute atomic E-state index is 15.2. The fourth-order valence-electron chi connectivity index (χ4n) is 4.98. The van der Waals surface area contributed by atoms with E-state index in [1.165, 1.54) is 22.1 Å². The summed E-state index contributed by atoms with van der Waals surface area (Å²) < 4.78 is 42.3. The number of hydroxylamine groups is 4. The van der Waals surface area contributed by atoms with Crippen molar-refractivity contribution in [2.24, 2.45) is 0 Å². The Kier molecular flexibility index (Phi) is 21.2. The molecule has 312 valence electrons. The Hall–Kier alpha value is -4.48. The average molecular weight is 792 g/mol. The quantitative estimate of drug-likeness (QED) is 0.0535. The highest BCUT2D eigenvalue weighted by atomic mass is 19.1. The van der Waals surface area contributed by atoms with Crippen LogP contribution in [-0.2, 0) is 65.7 Å². The van der Waals surface area contributed by atoms with Gasteiger partial charge < -0.3 is 28.6 Å². The molecule has 0 fully saturated rings. The van der Waals surface area contributed by atoms with Crippen molar-refractivity contribution in [1.29, 1.82) is 0 Å². The van der Waals surface area contributed by atoms with Crippen LogP contribution in [0.5, 0.6) is 0 Å². The van der Waals surface area contributed by atoms with E-state index >= 15 is 4.39 Å². The van der Waals surface area contributed by atoms with E-state index in [0.29, 0.717) is 51.2 Å². The van der Waals surface area contributed by atoms with E-state index < -0.39 is 47.3 Å². The third kappa shape index (κ3) is 19.4. The molecule has 0 radical (unpaired) electrons. The molecule has 15 nitrogen and oxygen atoms in total. The van der Waals surface area contributed by atoms with Crippen LogP contribution in [0.1, 0.15) is 82.3 Å². The number of nitrogens with zero attached hydrogens (tertiary/aromatic N) is 3. The van der Waals surface area contributed by atoms with Crippen LogP contribution < -0.4 is 0 Å². The molecule has 0 saturated heterocycles. The van der Waals surface area contributed by atoms with Gasteiger partial charge in [-0.2, -0.15) is 0 Å². The largest absolute Gasteiger partial charge is 0.469 e. The molecule has 0 aliphatic carbocycles. The van der Waals surface area contributed by atoms with E-state index in [-0.39, 0.29) is 57.1 Å². The lowest BCUT2D eigenvalue weighted by Crippen LogP contribution is -2.49. The van der Waals surface area contributed by atoms with Crippen molar-refractivity contribution in [3.63, 3.8) is 0 Å². The van der Waals surface area contributed by atoms with E-state index in [1.807, 2.05) is 26.8 Å². The summed E-state index contributed by atoms with van der Waals surface area (Å²) in [5.74, 6) is -2.85. The molecule has 3 amide bonds. The molecule has 0 aromatic heterocycles. The topological polar surface area (TPSA) is 160 Å². The number of esters is 2. The van der Waals surface area contributed by atoms with E-state index in [9.17, 15) is 24.0 Å². The number of methoxy groups -OCH3 is 1. The van der Waals surface area contributed by atoms with Gasteiger partial charge in [-0.15, -0.1) is 0 Å². The van der Waals surface area contributed by atoms with Gasteiger partial charge in [0, 0.05) is 31.9 Å². The highest BCUT2D eigenvalue weighted by Crippen LogP contribution is 2.20. The molecule has 2 aromatic carbocycles. The number of carbonyl (C=O) groups excluding carboxylic acids is 5. The van der Waals surface area contributed by atoms with Crippen LogP contribution >= 0.6 is 0 Å². The van der Waals surface area contributed by atoms with Crippen molar-refractivity contribution in [2.45, 2.75) is 91.2 Å². The third-order valence-corrected chi connectivity index (χ3v) is 7.50. The van der Waals surface area contributed by atoms with Crippen LogP contribution in [0.3, 0.4) is 0 Å². The number of rotatable bonds is 27. The summed E-state index contributed by atoms with van der Waals surface area (Å²) in [6.07, 6.45) is 1.28. The minimum absolute atomic E-state index is 0.0113. The Morgan fingerprint density at radius 1 is 0.786 bits per heavy atom. The smallest absolute Gasteiger partial charge is 0.338 e. The zero-order valence-electron chi connectivity index (χ0n) is 33.7. The van der Waals surface area contributed by atoms with Gasteiger partial charge in [-0.25, -0.2) is 19.3 Å². The maximum atomic E-state index is 15.2. The van der Waals surface area contributed by atoms with Crippen LogP contribution in [0, 0.1) is 5.82 Å². The first-order valence-electron chi connectivity index (χ1n) is 18.5. The maximum Gasteiger partial charge on any atom is 0.338 e. The van der Waals surface area contributed by atoms with Gasteiger partial charge in [-0.3, -0.25) is 28.9 Å². The fraction of sp³-hybridized carbons (Fsp3) is 0.575. The van der Waals surface area contributed by atoms with Crippen LogP contribution in [0.15, 0.2) is 48.5 Å². The minimum atomic E-state index is -1.46. The van der Waals surface area contributed by atoms with Gasteiger partial charge in [0.2, 0.25) is 18.7 Å². The van der Waals surface area contributed by atoms with Gasteiger partial charge in [-0.05, 0) is 78.1 Å². The van der Waals surface area contributed by atoms with Crippen molar-refractivity contribution >= 4 is 30.7 Å².